The Morgan fingerprint density at radius 3 is 2.72 bits per heavy atom. The highest BCUT2D eigenvalue weighted by Crippen LogP contribution is 2.56. The van der Waals surface area contributed by atoms with E-state index in [4.69, 9.17) is 5.73 Å². The van der Waals surface area contributed by atoms with Gasteiger partial charge in [-0.25, -0.2) is 0 Å². The van der Waals surface area contributed by atoms with Crippen LogP contribution in [0.1, 0.15) is 31.2 Å². The van der Waals surface area contributed by atoms with Gasteiger partial charge in [0.1, 0.15) is 0 Å². The highest BCUT2D eigenvalue weighted by molar-refractivity contribution is 5.96. The summed E-state index contributed by atoms with van der Waals surface area (Å²) in [5, 5.41) is 0. The second kappa shape index (κ2) is 4.90. The Kier molecular flexibility index (Phi) is 3.64. The standard InChI is InChI=1S/C14H18N2O.ClH/c15-9-3-6-13(17)16-10-14(7-8-14)11-4-1-2-5-12(11)16;/h1-2,4-5H,3,6-10,15H2;1H. The van der Waals surface area contributed by atoms with Gasteiger partial charge in [0, 0.05) is 24.1 Å². The molecular weight excluding hydrogens is 248 g/mol. The van der Waals surface area contributed by atoms with Crippen LogP contribution in [-0.4, -0.2) is 19.0 Å². The van der Waals surface area contributed by atoms with E-state index < -0.39 is 0 Å². The van der Waals surface area contributed by atoms with Crippen molar-refractivity contribution in [3.63, 3.8) is 0 Å². The van der Waals surface area contributed by atoms with E-state index in [1.165, 1.54) is 18.4 Å². The van der Waals surface area contributed by atoms with Gasteiger partial charge in [-0.3, -0.25) is 4.79 Å². The van der Waals surface area contributed by atoms with Crippen LogP contribution in [0.4, 0.5) is 5.69 Å². The molecule has 1 saturated carbocycles. The zero-order chi connectivity index (χ0) is 11.9. The summed E-state index contributed by atoms with van der Waals surface area (Å²) in [6, 6.07) is 8.34. The first-order valence-electron chi connectivity index (χ1n) is 6.37. The molecule has 2 N–H and O–H groups in total. The van der Waals surface area contributed by atoms with Gasteiger partial charge in [-0.05, 0) is 37.4 Å². The van der Waals surface area contributed by atoms with Crippen molar-refractivity contribution in [1.29, 1.82) is 0 Å². The number of rotatable bonds is 3. The molecule has 2 aliphatic rings. The Morgan fingerprint density at radius 1 is 1.33 bits per heavy atom. The summed E-state index contributed by atoms with van der Waals surface area (Å²) in [6.07, 6.45) is 3.81. The van der Waals surface area contributed by atoms with Crippen molar-refractivity contribution in [3.8, 4) is 0 Å². The van der Waals surface area contributed by atoms with Gasteiger partial charge in [-0.2, -0.15) is 0 Å². The molecular formula is C14H19ClN2O. The summed E-state index contributed by atoms with van der Waals surface area (Å²) in [4.78, 5) is 14.1. The first kappa shape index (κ1) is 13.4. The van der Waals surface area contributed by atoms with Crippen LogP contribution in [0.25, 0.3) is 0 Å². The van der Waals surface area contributed by atoms with Crippen molar-refractivity contribution in [1.82, 2.24) is 0 Å². The summed E-state index contributed by atoms with van der Waals surface area (Å²) in [5.74, 6) is 0.228. The monoisotopic (exact) mass is 266 g/mol. The van der Waals surface area contributed by atoms with Crippen LogP contribution in [-0.2, 0) is 10.2 Å². The summed E-state index contributed by atoms with van der Waals surface area (Å²) < 4.78 is 0. The van der Waals surface area contributed by atoms with Gasteiger partial charge in [-0.1, -0.05) is 18.2 Å². The second-order valence-corrected chi connectivity index (χ2v) is 5.17. The Hall–Kier alpha value is -1.06. The molecule has 3 nitrogen and oxygen atoms in total. The second-order valence-electron chi connectivity index (χ2n) is 5.17. The molecule has 98 valence electrons. The third kappa shape index (κ3) is 2.02. The first-order chi connectivity index (χ1) is 8.27. The lowest BCUT2D eigenvalue weighted by Gasteiger charge is -2.17. The maximum absolute atomic E-state index is 12.2. The van der Waals surface area contributed by atoms with Crippen molar-refractivity contribution >= 4 is 24.0 Å². The number of halogens is 1. The fourth-order valence-corrected chi connectivity index (χ4v) is 2.82. The molecule has 0 aromatic heterocycles. The van der Waals surface area contributed by atoms with Gasteiger partial charge in [0.25, 0.3) is 0 Å². The number of carbonyl (C=O) groups excluding carboxylic acids is 1. The number of nitrogens with zero attached hydrogens (tertiary/aromatic N) is 1. The maximum Gasteiger partial charge on any atom is 0.227 e. The molecule has 0 atom stereocenters. The average molecular weight is 267 g/mol. The van der Waals surface area contributed by atoms with Crippen LogP contribution >= 0.6 is 12.4 Å². The lowest BCUT2D eigenvalue weighted by atomic mass is 9.99. The molecule has 1 amide bonds. The average Bonchev–Trinajstić information content (AvgIpc) is 3.06. The molecule has 1 fully saturated rings. The number of fused-ring (bicyclic) bond motifs is 2. The topological polar surface area (TPSA) is 46.3 Å². The van der Waals surface area contributed by atoms with E-state index in [9.17, 15) is 4.79 Å². The molecule has 1 aromatic carbocycles. The first-order valence-corrected chi connectivity index (χ1v) is 6.37. The van der Waals surface area contributed by atoms with E-state index in [0.29, 0.717) is 18.4 Å². The van der Waals surface area contributed by atoms with E-state index in [1.54, 1.807) is 0 Å². The van der Waals surface area contributed by atoms with Gasteiger partial charge in [0.2, 0.25) is 5.91 Å². The molecule has 1 heterocycles. The van der Waals surface area contributed by atoms with Gasteiger partial charge < -0.3 is 10.6 Å². The third-order valence-corrected chi connectivity index (χ3v) is 3.98. The molecule has 18 heavy (non-hydrogen) atoms. The van der Waals surface area contributed by atoms with Gasteiger partial charge >= 0.3 is 0 Å². The molecule has 1 aromatic rings. The van der Waals surface area contributed by atoms with Crippen molar-refractivity contribution in [2.75, 3.05) is 18.0 Å². The largest absolute Gasteiger partial charge is 0.330 e. The Morgan fingerprint density at radius 2 is 2.06 bits per heavy atom. The molecule has 1 aliphatic heterocycles. The predicted octanol–water partition coefficient (Wildman–Crippen LogP) is 2.23. The zero-order valence-corrected chi connectivity index (χ0v) is 11.2. The SMILES string of the molecule is Cl.NCCCC(=O)N1CC2(CC2)c2ccccc21. The number of para-hydroxylation sites is 1. The van der Waals surface area contributed by atoms with E-state index >= 15 is 0 Å². The minimum absolute atomic E-state index is 0. The van der Waals surface area contributed by atoms with Crippen LogP contribution in [0.2, 0.25) is 0 Å². The highest BCUT2D eigenvalue weighted by Gasteiger charge is 2.52. The van der Waals surface area contributed by atoms with Gasteiger partial charge in [0.15, 0.2) is 0 Å². The quantitative estimate of drug-likeness (QED) is 0.912. The Bertz CT molecular complexity index is 457. The van der Waals surface area contributed by atoms with Crippen LogP contribution in [0.3, 0.4) is 0 Å². The maximum atomic E-state index is 12.2. The third-order valence-electron chi connectivity index (χ3n) is 3.98. The Labute approximate surface area is 114 Å². The number of carbonyl (C=O) groups is 1. The van der Waals surface area contributed by atoms with Gasteiger partial charge in [0.05, 0.1) is 0 Å². The lowest BCUT2D eigenvalue weighted by Crippen LogP contribution is -2.31. The van der Waals surface area contributed by atoms with Crippen molar-refractivity contribution < 1.29 is 4.79 Å². The highest BCUT2D eigenvalue weighted by atomic mass is 35.5. The van der Waals surface area contributed by atoms with Crippen molar-refractivity contribution in [3.05, 3.63) is 29.8 Å². The van der Waals surface area contributed by atoms with Gasteiger partial charge in [-0.15, -0.1) is 12.4 Å². The fraction of sp³-hybridized carbons (Fsp3) is 0.500. The van der Waals surface area contributed by atoms with Crippen LogP contribution in [0.15, 0.2) is 24.3 Å². The molecule has 4 heteroatoms. The molecule has 3 rings (SSSR count). The normalized spacial score (nSPS) is 18.4. The lowest BCUT2D eigenvalue weighted by molar-refractivity contribution is -0.118. The van der Waals surface area contributed by atoms with Crippen LogP contribution in [0.5, 0.6) is 0 Å². The molecule has 0 unspecified atom stereocenters. The van der Waals surface area contributed by atoms with Crippen molar-refractivity contribution in [2.45, 2.75) is 31.1 Å². The summed E-state index contributed by atoms with van der Waals surface area (Å²) >= 11 is 0. The van der Waals surface area contributed by atoms with E-state index in [1.807, 2.05) is 11.0 Å². The molecule has 0 saturated heterocycles. The number of benzene rings is 1. The predicted molar refractivity (Wildman–Crippen MR) is 75.2 cm³/mol. The Balaban J connectivity index is 0.00000120. The van der Waals surface area contributed by atoms with E-state index in [0.717, 1.165) is 18.7 Å². The summed E-state index contributed by atoms with van der Waals surface area (Å²) in [5.41, 5.74) is 8.27. The number of anilines is 1. The summed E-state index contributed by atoms with van der Waals surface area (Å²) in [6.45, 7) is 1.47. The van der Waals surface area contributed by atoms with E-state index in [2.05, 4.69) is 18.2 Å². The molecule has 0 bridgehead atoms. The number of hydrogen-bond acceptors (Lipinski definition) is 2. The number of hydrogen-bond donors (Lipinski definition) is 1. The number of nitrogens with two attached hydrogens (primary N) is 1. The summed E-state index contributed by atoms with van der Waals surface area (Å²) in [7, 11) is 0. The fourth-order valence-electron chi connectivity index (χ4n) is 2.82. The molecule has 1 aliphatic carbocycles. The molecule has 1 spiro atoms. The minimum atomic E-state index is 0. The minimum Gasteiger partial charge on any atom is -0.330 e. The van der Waals surface area contributed by atoms with Crippen LogP contribution < -0.4 is 10.6 Å². The van der Waals surface area contributed by atoms with Crippen LogP contribution in [0, 0.1) is 0 Å². The smallest absolute Gasteiger partial charge is 0.227 e. The number of amides is 1. The zero-order valence-electron chi connectivity index (χ0n) is 10.4. The van der Waals surface area contributed by atoms with Crippen molar-refractivity contribution in [2.24, 2.45) is 5.73 Å². The van der Waals surface area contributed by atoms with E-state index in [-0.39, 0.29) is 18.3 Å². The molecule has 0 radical (unpaired) electrons.